The highest BCUT2D eigenvalue weighted by atomic mass is 16.5. The normalized spacial score (nSPS) is 28.2. The zero-order valence-corrected chi connectivity index (χ0v) is 19.8. The van der Waals surface area contributed by atoms with E-state index in [1.165, 1.54) is 0 Å². The van der Waals surface area contributed by atoms with Crippen molar-refractivity contribution in [1.82, 2.24) is 4.90 Å². The summed E-state index contributed by atoms with van der Waals surface area (Å²) in [5, 5.41) is 18.1. The number of methoxy groups -OCH3 is 1. The molecule has 0 aliphatic carbocycles. The Bertz CT molecular complexity index is 1130. The molecule has 2 bridgehead atoms. The Morgan fingerprint density at radius 2 is 2.15 bits per heavy atom. The fourth-order valence-corrected chi connectivity index (χ4v) is 5.73. The highest BCUT2D eigenvalue weighted by molar-refractivity contribution is 6.02. The fourth-order valence-electron chi connectivity index (χ4n) is 5.73. The quantitative estimate of drug-likeness (QED) is 0.568. The average molecular weight is 460 g/mol. The number of para-hydroxylation sites is 1. The minimum Gasteiger partial charge on any atom is -0.497 e. The van der Waals surface area contributed by atoms with Crippen molar-refractivity contribution in [2.24, 2.45) is 11.8 Å². The molecule has 2 aromatic rings. The van der Waals surface area contributed by atoms with Gasteiger partial charge in [0.05, 0.1) is 13.2 Å². The van der Waals surface area contributed by atoms with Crippen molar-refractivity contribution in [2.45, 2.75) is 38.0 Å². The summed E-state index contributed by atoms with van der Waals surface area (Å²) in [6.45, 7) is 7.91. The minimum absolute atomic E-state index is 0.0263. The molecule has 34 heavy (non-hydrogen) atoms. The number of rotatable bonds is 6. The molecule has 3 N–H and O–H groups in total. The highest BCUT2D eigenvalue weighted by Crippen LogP contribution is 2.42. The van der Waals surface area contributed by atoms with Gasteiger partial charge in [-0.05, 0) is 79.6 Å². The molecule has 2 aromatic carbocycles. The van der Waals surface area contributed by atoms with Crippen molar-refractivity contribution in [3.05, 3.63) is 72.3 Å². The van der Waals surface area contributed by atoms with Crippen LogP contribution >= 0.6 is 0 Å². The summed E-state index contributed by atoms with van der Waals surface area (Å²) >= 11 is 0. The van der Waals surface area contributed by atoms with E-state index in [0.717, 1.165) is 59.8 Å². The van der Waals surface area contributed by atoms with Crippen LogP contribution in [0.25, 0.3) is 5.57 Å². The summed E-state index contributed by atoms with van der Waals surface area (Å²) in [6, 6.07) is 12.9. The van der Waals surface area contributed by atoms with Gasteiger partial charge in [-0.1, -0.05) is 24.3 Å². The topological polar surface area (TPSA) is 73.8 Å². The average Bonchev–Trinajstić information content (AvgIpc) is 2.88. The maximum Gasteiger partial charge on any atom is 0.250 e. The first-order valence-corrected chi connectivity index (χ1v) is 12.1. The van der Waals surface area contributed by atoms with E-state index in [1.807, 2.05) is 55.5 Å². The molecule has 6 rings (SSSR count). The van der Waals surface area contributed by atoms with Crippen molar-refractivity contribution >= 4 is 22.9 Å². The first-order chi connectivity index (χ1) is 16.5. The number of carbonyl (C=O) groups is 1. The maximum atomic E-state index is 13.3. The van der Waals surface area contributed by atoms with E-state index in [0.29, 0.717) is 11.8 Å². The molecule has 6 nitrogen and oxygen atoms in total. The van der Waals surface area contributed by atoms with E-state index >= 15 is 0 Å². The molecule has 2 unspecified atom stereocenters. The van der Waals surface area contributed by atoms with Gasteiger partial charge in [-0.3, -0.25) is 9.69 Å². The number of amides is 1. The number of benzene rings is 2. The SMILES string of the molecule is C=C[C@H]1CN2CC[C@H]1C[C@@H]2[C@@H](O)C1=CC(C(=O)Nc2ccccc2C)Nc2ccc(OC)cc21. The maximum absolute atomic E-state index is 13.3. The summed E-state index contributed by atoms with van der Waals surface area (Å²) in [7, 11) is 1.64. The molecule has 3 fully saturated rings. The van der Waals surface area contributed by atoms with Crippen molar-refractivity contribution in [2.75, 3.05) is 30.8 Å². The molecule has 0 saturated carbocycles. The second-order valence-electron chi connectivity index (χ2n) is 9.65. The number of anilines is 2. The Morgan fingerprint density at radius 1 is 1.32 bits per heavy atom. The van der Waals surface area contributed by atoms with E-state index < -0.39 is 12.1 Å². The first-order valence-electron chi connectivity index (χ1n) is 12.1. The number of aliphatic hydroxyl groups is 1. The molecule has 0 spiro atoms. The van der Waals surface area contributed by atoms with Crippen molar-refractivity contribution in [3.63, 3.8) is 0 Å². The number of nitrogens with one attached hydrogen (secondary N) is 2. The van der Waals surface area contributed by atoms with Crippen molar-refractivity contribution in [3.8, 4) is 5.75 Å². The number of nitrogens with zero attached hydrogens (tertiary/aromatic N) is 1. The standard InChI is InChI=1S/C28H33N3O3/c1-4-18-16-31-12-11-19(18)13-26(31)27(32)22-15-25(28(33)30-23-8-6-5-7-17(23)2)29-24-10-9-20(34-3)14-21(22)24/h4-10,14-15,18-19,25-27,29,32H,1,11-13,16H2,2-3H3,(H,30,33)/t18-,19-,25?,26+,27-/m0/s1. The number of aryl methyl sites for hydroxylation is 1. The number of ether oxygens (including phenoxy) is 1. The molecule has 6 atom stereocenters. The molecule has 1 amide bonds. The summed E-state index contributed by atoms with van der Waals surface area (Å²) in [4.78, 5) is 15.7. The van der Waals surface area contributed by atoms with Crippen LogP contribution in [0.4, 0.5) is 11.4 Å². The van der Waals surface area contributed by atoms with Gasteiger partial charge >= 0.3 is 0 Å². The lowest BCUT2D eigenvalue weighted by Crippen LogP contribution is -2.57. The van der Waals surface area contributed by atoms with Crippen LogP contribution in [0.2, 0.25) is 0 Å². The molecule has 4 heterocycles. The molecule has 178 valence electrons. The molecule has 0 aromatic heterocycles. The van der Waals surface area contributed by atoms with E-state index in [-0.39, 0.29) is 11.9 Å². The van der Waals surface area contributed by atoms with E-state index in [9.17, 15) is 9.90 Å². The third kappa shape index (κ3) is 4.12. The zero-order chi connectivity index (χ0) is 23.8. The molecule has 4 aliphatic rings. The van der Waals surface area contributed by atoms with Gasteiger partial charge in [0.2, 0.25) is 0 Å². The van der Waals surface area contributed by atoms with Crippen molar-refractivity contribution in [1.29, 1.82) is 0 Å². The summed E-state index contributed by atoms with van der Waals surface area (Å²) in [5.41, 5.74) is 4.28. The van der Waals surface area contributed by atoms with Crippen molar-refractivity contribution < 1.29 is 14.6 Å². The third-order valence-electron chi connectivity index (χ3n) is 7.72. The Balaban J connectivity index is 1.46. The largest absolute Gasteiger partial charge is 0.497 e. The van der Waals surface area contributed by atoms with Gasteiger partial charge in [0.25, 0.3) is 5.91 Å². The number of carbonyl (C=O) groups excluding carboxylic acids is 1. The minimum atomic E-state index is -0.699. The van der Waals surface area contributed by atoms with E-state index in [1.54, 1.807) is 7.11 Å². The van der Waals surface area contributed by atoms with E-state index in [4.69, 9.17) is 4.74 Å². The van der Waals surface area contributed by atoms with Gasteiger partial charge in [-0.2, -0.15) is 0 Å². The van der Waals surface area contributed by atoms with Crippen LogP contribution in [0.3, 0.4) is 0 Å². The van der Waals surface area contributed by atoms with Crippen LogP contribution in [-0.4, -0.2) is 54.3 Å². The van der Waals surface area contributed by atoms with Crippen LogP contribution in [0, 0.1) is 18.8 Å². The molecule has 0 radical (unpaired) electrons. The zero-order valence-electron chi connectivity index (χ0n) is 19.8. The first kappa shape index (κ1) is 22.7. The van der Waals surface area contributed by atoms with E-state index in [2.05, 4.69) is 28.2 Å². The second kappa shape index (κ2) is 9.28. The third-order valence-corrected chi connectivity index (χ3v) is 7.72. The van der Waals surface area contributed by atoms with Gasteiger partial charge in [-0.25, -0.2) is 0 Å². The van der Waals surface area contributed by atoms with Gasteiger partial charge in [0.1, 0.15) is 11.8 Å². The molecular weight excluding hydrogens is 426 g/mol. The monoisotopic (exact) mass is 459 g/mol. The highest BCUT2D eigenvalue weighted by Gasteiger charge is 2.43. The van der Waals surface area contributed by atoms with Gasteiger partial charge in [-0.15, -0.1) is 6.58 Å². The summed E-state index contributed by atoms with van der Waals surface area (Å²) in [6.07, 6.45) is 5.33. The van der Waals surface area contributed by atoms with Gasteiger partial charge in [0, 0.05) is 29.5 Å². The van der Waals surface area contributed by atoms with Crippen LogP contribution < -0.4 is 15.4 Å². The molecule has 3 saturated heterocycles. The number of hydrogen-bond donors (Lipinski definition) is 3. The molecular formula is C28H33N3O3. The lowest BCUT2D eigenvalue weighted by atomic mass is 9.73. The number of piperidine rings is 3. The predicted octanol–water partition coefficient (Wildman–Crippen LogP) is 4.08. The Kier molecular flexibility index (Phi) is 6.19. The van der Waals surface area contributed by atoms with Gasteiger partial charge in [0.15, 0.2) is 0 Å². The predicted molar refractivity (Wildman–Crippen MR) is 136 cm³/mol. The number of fused-ring (bicyclic) bond motifs is 4. The lowest BCUT2D eigenvalue weighted by molar-refractivity contribution is -0.116. The Labute approximate surface area is 201 Å². The number of hydrogen-bond acceptors (Lipinski definition) is 5. The summed E-state index contributed by atoms with van der Waals surface area (Å²) < 4.78 is 5.46. The lowest BCUT2D eigenvalue weighted by Gasteiger charge is -2.51. The summed E-state index contributed by atoms with van der Waals surface area (Å²) in [5.74, 6) is 1.60. The number of aliphatic hydroxyl groups excluding tert-OH is 1. The van der Waals surface area contributed by atoms with Crippen LogP contribution in [-0.2, 0) is 4.79 Å². The van der Waals surface area contributed by atoms with Crippen LogP contribution in [0.5, 0.6) is 5.75 Å². The van der Waals surface area contributed by atoms with Crippen LogP contribution in [0.1, 0.15) is 24.0 Å². The Morgan fingerprint density at radius 3 is 2.85 bits per heavy atom. The second-order valence-corrected chi connectivity index (χ2v) is 9.65. The fraction of sp³-hybridized carbons (Fsp3) is 0.393. The van der Waals surface area contributed by atoms with Gasteiger partial charge < -0.3 is 20.5 Å². The Hall–Kier alpha value is -3.09. The van der Waals surface area contributed by atoms with Crippen LogP contribution in [0.15, 0.2) is 61.2 Å². The smallest absolute Gasteiger partial charge is 0.250 e. The molecule has 4 aliphatic heterocycles. The molecule has 6 heteroatoms.